The Kier molecular flexibility index (Phi) is 7.82. The zero-order valence-electron chi connectivity index (χ0n) is 22.0. The smallest absolute Gasteiger partial charge is 0.252 e. The number of aromatic nitrogens is 5. The molecule has 8 nitrogen and oxygen atoms in total. The molecule has 36 heavy (non-hydrogen) atoms. The van der Waals surface area contributed by atoms with Gasteiger partial charge in [-0.3, -0.25) is 9.69 Å². The Hall–Kier alpha value is -2.58. The molecule has 0 unspecified atom stereocenters. The van der Waals surface area contributed by atoms with E-state index in [1.165, 1.54) is 24.8 Å². The van der Waals surface area contributed by atoms with Crippen molar-refractivity contribution in [2.45, 2.75) is 110 Å². The monoisotopic (exact) mass is 492 g/mol. The number of pyridine rings is 1. The molecule has 2 fully saturated rings. The second kappa shape index (κ2) is 11.2. The van der Waals surface area contributed by atoms with Crippen LogP contribution in [-0.2, 0) is 17.8 Å². The first-order chi connectivity index (χ1) is 17.5. The van der Waals surface area contributed by atoms with E-state index in [2.05, 4.69) is 64.4 Å². The van der Waals surface area contributed by atoms with Crippen LogP contribution >= 0.6 is 0 Å². The van der Waals surface area contributed by atoms with Crippen LogP contribution < -0.4 is 5.56 Å². The Morgan fingerprint density at radius 1 is 1.14 bits per heavy atom. The van der Waals surface area contributed by atoms with Gasteiger partial charge in [-0.1, -0.05) is 38.7 Å². The summed E-state index contributed by atoms with van der Waals surface area (Å²) in [5.74, 6) is 0.905. The highest BCUT2D eigenvalue weighted by Crippen LogP contribution is 2.34. The van der Waals surface area contributed by atoms with Crippen molar-refractivity contribution in [3.05, 3.63) is 51.1 Å². The molecule has 2 atom stereocenters. The molecule has 1 aromatic carbocycles. The van der Waals surface area contributed by atoms with Crippen molar-refractivity contribution >= 4 is 10.9 Å². The molecule has 2 aromatic heterocycles. The van der Waals surface area contributed by atoms with Gasteiger partial charge in [0.15, 0.2) is 5.82 Å². The molecule has 0 radical (unpaired) electrons. The summed E-state index contributed by atoms with van der Waals surface area (Å²) in [5, 5.41) is 14.1. The molecule has 1 saturated heterocycles. The van der Waals surface area contributed by atoms with E-state index in [0.717, 1.165) is 73.0 Å². The average Bonchev–Trinajstić information content (AvgIpc) is 3.55. The lowest BCUT2D eigenvalue weighted by atomic mass is 9.91. The first-order valence-corrected chi connectivity index (χ1v) is 13.8. The van der Waals surface area contributed by atoms with Gasteiger partial charge in [-0.25, -0.2) is 4.68 Å². The minimum Gasteiger partial charge on any atom is -0.376 e. The molecule has 2 aliphatic rings. The fraction of sp³-hybridized carbons (Fsp3) is 0.643. The molecule has 194 valence electrons. The predicted octanol–water partition coefficient (Wildman–Crippen LogP) is 4.99. The molecule has 3 aromatic rings. The fourth-order valence-electron chi connectivity index (χ4n) is 6.21. The third-order valence-corrected chi connectivity index (χ3v) is 8.01. The maximum absolute atomic E-state index is 13.3. The Bertz CT molecular complexity index is 1220. The van der Waals surface area contributed by atoms with Crippen LogP contribution in [0.15, 0.2) is 23.0 Å². The number of tetrazole rings is 1. The van der Waals surface area contributed by atoms with Crippen LogP contribution in [0.5, 0.6) is 0 Å². The molecule has 1 aliphatic heterocycles. The zero-order valence-corrected chi connectivity index (χ0v) is 22.0. The van der Waals surface area contributed by atoms with Gasteiger partial charge in [0.25, 0.3) is 5.56 Å². The average molecular weight is 493 g/mol. The topological polar surface area (TPSA) is 88.9 Å². The maximum Gasteiger partial charge on any atom is 0.252 e. The lowest BCUT2D eigenvalue weighted by Gasteiger charge is -2.39. The lowest BCUT2D eigenvalue weighted by molar-refractivity contribution is 0.0713. The van der Waals surface area contributed by atoms with Gasteiger partial charge in [0.2, 0.25) is 0 Å². The zero-order chi connectivity index (χ0) is 25.1. The SMILES string of the molecule is CCC[C@H](c1nnnn1C[C@H]1CCCO1)N(Cc1cc2c(C)cc(C)cc2[nH]c1=O)C1CCCCC1. The molecular formula is C28H40N6O2. The van der Waals surface area contributed by atoms with Gasteiger partial charge < -0.3 is 9.72 Å². The Morgan fingerprint density at radius 3 is 2.72 bits per heavy atom. The van der Waals surface area contributed by atoms with Crippen molar-refractivity contribution in [3.8, 4) is 0 Å². The highest BCUT2D eigenvalue weighted by Gasteiger charge is 2.33. The number of rotatable bonds is 9. The van der Waals surface area contributed by atoms with Crippen LogP contribution in [0.25, 0.3) is 10.9 Å². The molecule has 1 N–H and O–H groups in total. The van der Waals surface area contributed by atoms with Gasteiger partial charge in [-0.05, 0) is 79.6 Å². The summed E-state index contributed by atoms with van der Waals surface area (Å²) in [7, 11) is 0. The van der Waals surface area contributed by atoms with Crippen molar-refractivity contribution in [1.29, 1.82) is 0 Å². The summed E-state index contributed by atoms with van der Waals surface area (Å²) in [6.45, 7) is 8.51. The Balaban J connectivity index is 1.52. The minimum atomic E-state index is 0.00232. The van der Waals surface area contributed by atoms with E-state index in [0.29, 0.717) is 19.1 Å². The molecular weight excluding hydrogens is 452 g/mol. The number of nitrogens with zero attached hydrogens (tertiary/aromatic N) is 5. The molecule has 0 spiro atoms. The van der Waals surface area contributed by atoms with E-state index in [9.17, 15) is 4.79 Å². The molecule has 8 heteroatoms. The van der Waals surface area contributed by atoms with E-state index in [4.69, 9.17) is 4.74 Å². The normalized spacial score (nSPS) is 19.9. The summed E-state index contributed by atoms with van der Waals surface area (Å²) < 4.78 is 7.86. The highest BCUT2D eigenvalue weighted by molar-refractivity contribution is 5.83. The summed E-state index contributed by atoms with van der Waals surface area (Å²) in [4.78, 5) is 19.0. The molecule has 1 saturated carbocycles. The number of aromatic amines is 1. The number of nitrogens with one attached hydrogen (secondary N) is 1. The van der Waals surface area contributed by atoms with Crippen molar-refractivity contribution < 1.29 is 4.74 Å². The van der Waals surface area contributed by atoms with Gasteiger partial charge in [0.05, 0.1) is 18.7 Å². The quantitative estimate of drug-likeness (QED) is 0.453. The first kappa shape index (κ1) is 25.1. The third kappa shape index (κ3) is 5.39. The van der Waals surface area contributed by atoms with Gasteiger partial charge in [0.1, 0.15) is 0 Å². The Labute approximate surface area is 213 Å². The first-order valence-electron chi connectivity index (χ1n) is 13.8. The fourth-order valence-corrected chi connectivity index (χ4v) is 6.21. The predicted molar refractivity (Wildman–Crippen MR) is 141 cm³/mol. The Morgan fingerprint density at radius 2 is 1.97 bits per heavy atom. The number of H-pyrrole nitrogens is 1. The van der Waals surface area contributed by atoms with Crippen LogP contribution in [0.1, 0.15) is 93.3 Å². The van der Waals surface area contributed by atoms with Crippen molar-refractivity contribution in [1.82, 2.24) is 30.1 Å². The van der Waals surface area contributed by atoms with Crippen molar-refractivity contribution in [3.63, 3.8) is 0 Å². The van der Waals surface area contributed by atoms with Crippen molar-refractivity contribution in [2.24, 2.45) is 0 Å². The number of hydrogen-bond acceptors (Lipinski definition) is 6. The molecule has 3 heterocycles. The van der Waals surface area contributed by atoms with E-state index >= 15 is 0 Å². The van der Waals surface area contributed by atoms with Crippen LogP contribution in [0, 0.1) is 13.8 Å². The van der Waals surface area contributed by atoms with E-state index < -0.39 is 0 Å². The second-order valence-electron chi connectivity index (χ2n) is 10.8. The molecule has 0 amide bonds. The van der Waals surface area contributed by atoms with Crippen LogP contribution in [0.3, 0.4) is 0 Å². The van der Waals surface area contributed by atoms with Crippen LogP contribution in [0.2, 0.25) is 0 Å². The number of fused-ring (bicyclic) bond motifs is 1. The number of ether oxygens (including phenoxy) is 1. The summed E-state index contributed by atoms with van der Waals surface area (Å²) in [6.07, 6.45) is 10.3. The van der Waals surface area contributed by atoms with E-state index in [1.54, 1.807) is 0 Å². The van der Waals surface area contributed by atoms with Crippen LogP contribution in [-0.4, -0.2) is 48.8 Å². The summed E-state index contributed by atoms with van der Waals surface area (Å²) in [6, 6.07) is 6.83. The third-order valence-electron chi connectivity index (χ3n) is 8.01. The lowest BCUT2D eigenvalue weighted by Crippen LogP contribution is -2.41. The van der Waals surface area contributed by atoms with E-state index in [-0.39, 0.29) is 17.7 Å². The van der Waals surface area contributed by atoms with Gasteiger partial charge in [0, 0.05) is 35.7 Å². The minimum absolute atomic E-state index is 0.00232. The molecule has 5 rings (SSSR count). The highest BCUT2D eigenvalue weighted by atomic mass is 16.5. The largest absolute Gasteiger partial charge is 0.376 e. The molecule has 0 bridgehead atoms. The number of benzene rings is 1. The van der Waals surface area contributed by atoms with Gasteiger partial charge >= 0.3 is 0 Å². The van der Waals surface area contributed by atoms with E-state index in [1.807, 2.05) is 4.68 Å². The van der Waals surface area contributed by atoms with Gasteiger partial charge in [-0.2, -0.15) is 0 Å². The standard InChI is InChI=1S/C28H40N6O2/c1-4-9-26(27-30-31-32-34(27)18-23-12-8-13-36-23)33(22-10-6-5-7-11-22)17-21-16-24-20(3)14-19(2)15-25(24)29-28(21)35/h14-16,22-23,26H,4-13,17-18H2,1-3H3,(H,29,35)/t23-,26-/m1/s1. The second-order valence-corrected chi connectivity index (χ2v) is 10.8. The number of hydrogen-bond donors (Lipinski definition) is 1. The number of aryl methyl sites for hydroxylation is 2. The maximum atomic E-state index is 13.3. The van der Waals surface area contributed by atoms with Crippen molar-refractivity contribution in [2.75, 3.05) is 6.61 Å². The summed E-state index contributed by atoms with van der Waals surface area (Å²) in [5.41, 5.74) is 4.09. The summed E-state index contributed by atoms with van der Waals surface area (Å²) >= 11 is 0. The van der Waals surface area contributed by atoms with Crippen LogP contribution in [0.4, 0.5) is 0 Å². The van der Waals surface area contributed by atoms with Gasteiger partial charge in [-0.15, -0.1) is 5.10 Å². The molecule has 1 aliphatic carbocycles.